The highest BCUT2D eigenvalue weighted by Crippen LogP contribution is 2.49. The predicted octanol–water partition coefficient (Wildman–Crippen LogP) is 9.71. The molecule has 0 bridgehead atoms. The highest BCUT2D eigenvalue weighted by Gasteiger charge is 2.22. The Morgan fingerprint density at radius 3 is 2.00 bits per heavy atom. The molecule has 0 atom stereocenters. The molecule has 8 aromatic rings. The van der Waals surface area contributed by atoms with Gasteiger partial charge in [0.1, 0.15) is 0 Å². The van der Waals surface area contributed by atoms with E-state index in [0.29, 0.717) is 0 Å². The van der Waals surface area contributed by atoms with Crippen LogP contribution in [0, 0.1) is 0 Å². The van der Waals surface area contributed by atoms with Gasteiger partial charge < -0.3 is 4.57 Å². The summed E-state index contributed by atoms with van der Waals surface area (Å²) in [5.74, 6) is 0. The first-order valence-electron chi connectivity index (χ1n) is 13.9. The number of hydrogen-bond donors (Lipinski definition) is 0. The predicted molar refractivity (Wildman–Crippen MR) is 169 cm³/mol. The third-order valence-corrected chi connectivity index (χ3v) is 8.51. The zero-order valence-electron chi connectivity index (χ0n) is 22.1. The van der Waals surface area contributed by atoms with Gasteiger partial charge in [0, 0.05) is 34.4 Å². The standard InChI is InChI=1S/C38H23N3/c1-2-7-26(8-3-1)41-36-19-20-39-22-34(36)33-21-35(40-23-37(33)41)25-15-13-24(14-16-25)27-17-18-32-29-10-5-4-9-28(29)31-12-6-11-30(27)38(31)32/h1-23H. The summed E-state index contributed by atoms with van der Waals surface area (Å²) >= 11 is 0. The third kappa shape index (κ3) is 3.20. The van der Waals surface area contributed by atoms with Crippen LogP contribution in [0.1, 0.15) is 0 Å². The smallest absolute Gasteiger partial charge is 0.0725 e. The molecule has 0 aliphatic heterocycles. The largest absolute Gasteiger partial charge is 0.308 e. The van der Waals surface area contributed by atoms with Crippen LogP contribution in [0.5, 0.6) is 0 Å². The van der Waals surface area contributed by atoms with Gasteiger partial charge in [-0.15, -0.1) is 0 Å². The van der Waals surface area contributed by atoms with E-state index in [0.717, 1.165) is 38.8 Å². The van der Waals surface area contributed by atoms with Crippen LogP contribution >= 0.6 is 0 Å². The number of fused-ring (bicyclic) bond motifs is 6. The first kappa shape index (κ1) is 22.3. The summed E-state index contributed by atoms with van der Waals surface area (Å²) in [7, 11) is 0. The molecular weight excluding hydrogens is 498 g/mol. The number of hydrogen-bond acceptors (Lipinski definition) is 2. The van der Waals surface area contributed by atoms with Gasteiger partial charge in [-0.3, -0.25) is 9.97 Å². The van der Waals surface area contributed by atoms with Crippen LogP contribution in [0.3, 0.4) is 0 Å². The average molecular weight is 522 g/mol. The molecule has 0 unspecified atom stereocenters. The summed E-state index contributed by atoms with van der Waals surface area (Å²) in [5, 5.41) is 4.93. The molecule has 0 radical (unpaired) electrons. The van der Waals surface area contributed by atoms with Crippen molar-refractivity contribution < 1.29 is 0 Å². The van der Waals surface area contributed by atoms with Gasteiger partial charge in [-0.2, -0.15) is 0 Å². The fourth-order valence-electron chi connectivity index (χ4n) is 6.66. The minimum Gasteiger partial charge on any atom is -0.308 e. The molecule has 5 aromatic carbocycles. The maximum atomic E-state index is 4.92. The Balaban J connectivity index is 1.15. The van der Waals surface area contributed by atoms with Gasteiger partial charge in [0.05, 0.1) is 22.9 Å². The summed E-state index contributed by atoms with van der Waals surface area (Å²) < 4.78 is 2.26. The SMILES string of the molecule is c1ccc(-n2c3ccncc3c3cc(-c4ccc(-c5ccc6c7c(cccc57)-c5ccccc5-6)cc4)ncc32)cc1. The average Bonchev–Trinajstić information content (AvgIpc) is 3.56. The lowest BCUT2D eigenvalue weighted by atomic mass is 9.93. The van der Waals surface area contributed by atoms with Gasteiger partial charge in [0.25, 0.3) is 0 Å². The van der Waals surface area contributed by atoms with E-state index in [2.05, 4.69) is 125 Å². The number of para-hydroxylation sites is 1. The zero-order valence-corrected chi connectivity index (χ0v) is 22.1. The van der Waals surface area contributed by atoms with Crippen LogP contribution < -0.4 is 0 Å². The Hall–Kier alpha value is -5.54. The first-order valence-corrected chi connectivity index (χ1v) is 13.9. The maximum absolute atomic E-state index is 4.92. The van der Waals surface area contributed by atoms with Gasteiger partial charge in [-0.1, -0.05) is 97.1 Å². The second kappa shape index (κ2) is 8.48. The van der Waals surface area contributed by atoms with Crippen molar-refractivity contribution in [3.05, 3.63) is 140 Å². The second-order valence-electron chi connectivity index (χ2n) is 10.7. The van der Waals surface area contributed by atoms with Crippen molar-refractivity contribution in [2.45, 2.75) is 0 Å². The zero-order chi connectivity index (χ0) is 26.9. The molecule has 1 aliphatic rings. The number of rotatable bonds is 3. The summed E-state index contributed by atoms with van der Waals surface area (Å²) in [6.07, 6.45) is 5.80. The molecule has 9 rings (SSSR count). The quantitative estimate of drug-likeness (QED) is 0.232. The lowest BCUT2D eigenvalue weighted by molar-refractivity contribution is 1.16. The van der Waals surface area contributed by atoms with Crippen molar-refractivity contribution in [3.8, 4) is 50.3 Å². The summed E-state index contributed by atoms with van der Waals surface area (Å²) in [6.45, 7) is 0. The van der Waals surface area contributed by atoms with E-state index >= 15 is 0 Å². The molecular formula is C38H23N3. The van der Waals surface area contributed by atoms with Crippen LogP contribution in [-0.4, -0.2) is 14.5 Å². The van der Waals surface area contributed by atoms with Crippen LogP contribution in [0.2, 0.25) is 0 Å². The van der Waals surface area contributed by atoms with Crippen molar-refractivity contribution in [1.29, 1.82) is 0 Å². The molecule has 3 nitrogen and oxygen atoms in total. The van der Waals surface area contributed by atoms with Crippen LogP contribution in [-0.2, 0) is 0 Å². The molecule has 190 valence electrons. The Morgan fingerprint density at radius 1 is 0.463 bits per heavy atom. The fraction of sp³-hybridized carbons (Fsp3) is 0. The minimum absolute atomic E-state index is 0.955. The van der Waals surface area contributed by atoms with Gasteiger partial charge >= 0.3 is 0 Å². The van der Waals surface area contributed by atoms with E-state index in [9.17, 15) is 0 Å². The summed E-state index contributed by atoms with van der Waals surface area (Å²) in [5.41, 5.74) is 13.1. The Labute approximate surface area is 237 Å². The monoisotopic (exact) mass is 521 g/mol. The van der Waals surface area contributed by atoms with Crippen LogP contribution in [0.15, 0.2) is 140 Å². The lowest BCUT2D eigenvalue weighted by Crippen LogP contribution is -1.94. The van der Waals surface area contributed by atoms with E-state index in [1.807, 2.05) is 24.7 Å². The van der Waals surface area contributed by atoms with Crippen molar-refractivity contribution in [3.63, 3.8) is 0 Å². The molecule has 1 aliphatic carbocycles. The second-order valence-corrected chi connectivity index (χ2v) is 10.7. The van der Waals surface area contributed by atoms with Crippen LogP contribution in [0.25, 0.3) is 82.9 Å². The van der Waals surface area contributed by atoms with E-state index in [-0.39, 0.29) is 0 Å². The molecule has 41 heavy (non-hydrogen) atoms. The molecule has 0 saturated carbocycles. The highest BCUT2D eigenvalue weighted by atomic mass is 15.0. The highest BCUT2D eigenvalue weighted by molar-refractivity contribution is 6.18. The lowest BCUT2D eigenvalue weighted by Gasteiger charge is -2.11. The molecule has 0 fully saturated rings. The van der Waals surface area contributed by atoms with E-state index < -0.39 is 0 Å². The fourth-order valence-corrected chi connectivity index (χ4v) is 6.66. The van der Waals surface area contributed by atoms with E-state index in [1.165, 1.54) is 44.2 Å². The molecule has 0 saturated heterocycles. The first-order chi connectivity index (χ1) is 20.3. The van der Waals surface area contributed by atoms with E-state index in [1.54, 1.807) is 0 Å². The molecule has 3 heterocycles. The molecule has 3 heteroatoms. The maximum Gasteiger partial charge on any atom is 0.0725 e. The van der Waals surface area contributed by atoms with Crippen LogP contribution in [0.4, 0.5) is 0 Å². The topological polar surface area (TPSA) is 30.7 Å². The van der Waals surface area contributed by atoms with Crippen molar-refractivity contribution in [2.75, 3.05) is 0 Å². The minimum atomic E-state index is 0.955. The molecule has 0 N–H and O–H groups in total. The number of pyridine rings is 2. The van der Waals surface area contributed by atoms with Crippen molar-refractivity contribution in [2.24, 2.45) is 0 Å². The summed E-state index contributed by atoms with van der Waals surface area (Å²) in [6, 6.07) is 43.5. The number of nitrogens with zero attached hydrogens (tertiary/aromatic N) is 3. The third-order valence-electron chi connectivity index (χ3n) is 8.51. The number of aromatic nitrogens is 3. The normalized spacial score (nSPS) is 11.9. The van der Waals surface area contributed by atoms with Gasteiger partial charge in [0.15, 0.2) is 0 Å². The Kier molecular flexibility index (Phi) is 4.61. The molecule has 3 aromatic heterocycles. The Bertz CT molecular complexity index is 2270. The van der Waals surface area contributed by atoms with Crippen molar-refractivity contribution in [1.82, 2.24) is 14.5 Å². The summed E-state index contributed by atoms with van der Waals surface area (Å²) in [4.78, 5) is 9.36. The number of benzene rings is 5. The van der Waals surface area contributed by atoms with E-state index in [4.69, 9.17) is 4.98 Å². The Morgan fingerprint density at radius 2 is 1.17 bits per heavy atom. The van der Waals surface area contributed by atoms with Gasteiger partial charge in [-0.05, 0) is 68.4 Å². The van der Waals surface area contributed by atoms with Gasteiger partial charge in [0.2, 0.25) is 0 Å². The molecule has 0 spiro atoms. The van der Waals surface area contributed by atoms with Gasteiger partial charge in [-0.25, -0.2) is 0 Å². The van der Waals surface area contributed by atoms with Crippen molar-refractivity contribution >= 4 is 32.6 Å². The molecule has 0 amide bonds.